The highest BCUT2D eigenvalue weighted by atomic mass is 32.1. The number of hydrogen-bond acceptors (Lipinski definition) is 4. The Morgan fingerprint density at radius 2 is 0.907 bits per heavy atom. The van der Waals surface area contributed by atoms with E-state index in [1.165, 1.54) is 12.1 Å². The van der Waals surface area contributed by atoms with Gasteiger partial charge in [0.1, 0.15) is 0 Å². The van der Waals surface area contributed by atoms with Crippen molar-refractivity contribution in [3.63, 3.8) is 0 Å². The topological polar surface area (TPSA) is 38.7 Å². The molecule has 6 aromatic carbocycles. The van der Waals surface area contributed by atoms with E-state index in [0.717, 1.165) is 11.3 Å². The molecule has 0 radical (unpaired) electrons. The molecule has 2 aromatic heterocycles. The zero-order valence-electron chi connectivity index (χ0n) is 41.6. The molecule has 0 bridgehead atoms. The highest BCUT2D eigenvalue weighted by molar-refractivity contribution is 7.26. The van der Waals surface area contributed by atoms with Gasteiger partial charge in [-0.05, 0) is 34.9 Å². The Hall–Kier alpha value is -5.45. The third kappa shape index (κ3) is 4.78. The fourth-order valence-corrected chi connectivity index (χ4v) is 5.82. The Labute approximate surface area is 281 Å². The molecule has 43 heavy (non-hydrogen) atoms. The fraction of sp³-hybridized carbons (Fsp3) is 0. The van der Waals surface area contributed by atoms with Crippen LogP contribution in [0, 0.1) is 0 Å². The minimum atomic E-state index is -0.707. The zero-order chi connectivity index (χ0) is 46.0. The summed E-state index contributed by atoms with van der Waals surface area (Å²) in [6.45, 7) is 0. The van der Waals surface area contributed by atoms with Crippen LogP contribution in [0.4, 0.5) is 0 Å². The number of hydrogen-bond donors (Lipinski definition) is 0. The maximum absolute atomic E-state index is 8.83. The van der Waals surface area contributed by atoms with E-state index in [-0.39, 0.29) is 33.6 Å². The molecule has 0 aliphatic rings. The van der Waals surface area contributed by atoms with Crippen LogP contribution in [0.2, 0.25) is 0 Å². The van der Waals surface area contributed by atoms with Crippen LogP contribution in [0.15, 0.2) is 151 Å². The molecular weight excluding hydrogens is 543 g/mol. The molecule has 0 spiro atoms. The molecule has 0 amide bonds. The van der Waals surface area contributed by atoms with Gasteiger partial charge < -0.3 is 0 Å². The van der Waals surface area contributed by atoms with E-state index in [1.807, 2.05) is 0 Å². The van der Waals surface area contributed by atoms with Crippen molar-refractivity contribution < 1.29 is 27.4 Å². The van der Waals surface area contributed by atoms with Crippen molar-refractivity contribution >= 4 is 31.5 Å². The molecule has 2 heterocycles. The molecular formula is C39H25N3S. The second-order valence-corrected chi connectivity index (χ2v) is 10.1. The summed E-state index contributed by atoms with van der Waals surface area (Å²) in [7, 11) is 0. The lowest BCUT2D eigenvalue weighted by molar-refractivity contribution is 1.07. The van der Waals surface area contributed by atoms with Crippen LogP contribution in [0.3, 0.4) is 0 Å². The van der Waals surface area contributed by atoms with Crippen LogP contribution < -0.4 is 0 Å². The monoisotopic (exact) mass is 587 g/mol. The van der Waals surface area contributed by atoms with Gasteiger partial charge in [0.05, 0.1) is 27.4 Å². The van der Waals surface area contributed by atoms with Gasteiger partial charge in [-0.3, -0.25) is 0 Å². The number of thiophene rings is 1. The van der Waals surface area contributed by atoms with Crippen molar-refractivity contribution in [1.82, 2.24) is 15.0 Å². The minimum absolute atomic E-state index is 0.0917. The Kier molecular flexibility index (Phi) is 3.01. The number of fused-ring (bicyclic) bond motifs is 3. The molecule has 0 atom stereocenters. The second-order valence-electron chi connectivity index (χ2n) is 9.02. The molecule has 0 aliphatic heterocycles. The summed E-state index contributed by atoms with van der Waals surface area (Å²) in [6.07, 6.45) is 0. The van der Waals surface area contributed by atoms with E-state index in [2.05, 4.69) is 15.0 Å². The van der Waals surface area contributed by atoms with Gasteiger partial charge in [0.15, 0.2) is 17.5 Å². The smallest absolute Gasteiger partial charge is 0.164 e. The number of nitrogens with zero attached hydrogens (tertiary/aromatic N) is 3. The lowest BCUT2D eigenvalue weighted by atomic mass is 9.96. The van der Waals surface area contributed by atoms with Crippen molar-refractivity contribution in [3.8, 4) is 56.4 Å². The molecule has 3 nitrogen and oxygen atoms in total. The normalized spacial score (nSPS) is 17.8. The molecule has 0 aliphatic carbocycles. The first-order valence-corrected chi connectivity index (χ1v) is 13.5. The highest BCUT2D eigenvalue weighted by Gasteiger charge is 2.16. The zero-order valence-corrected chi connectivity index (χ0v) is 22.5. The molecule has 0 N–H and O–H groups in total. The molecule has 0 unspecified atom stereocenters. The summed E-state index contributed by atoms with van der Waals surface area (Å²) in [5.41, 5.74) is -0.924. The van der Waals surface area contributed by atoms with Crippen molar-refractivity contribution in [2.45, 2.75) is 0 Å². The Bertz CT molecular complexity index is 3170. The standard InChI is InChI=1S/C39H25N3S/c1-5-13-26(14-6-1)31-23-33(27-15-7-2-8-16-27)36-34(24-31)32-22-21-30(25-35(32)43-36)39-41-37(28-17-9-3-10-18-28)40-38(42-39)29-19-11-4-12-20-29/h1-25H/i1D,2D,3D,4D,5D,6D,7D,8D,9D,10D,11D,12D,13D,14D,15D,16D,17D,18D,19D,20D. The van der Waals surface area contributed by atoms with Gasteiger partial charge in [0.2, 0.25) is 0 Å². The average molecular weight is 588 g/mol. The summed E-state index contributed by atoms with van der Waals surface area (Å²) in [6, 6.07) is -5.16. The summed E-state index contributed by atoms with van der Waals surface area (Å²) < 4.78 is 169. The fourth-order valence-electron chi connectivity index (χ4n) is 4.58. The van der Waals surface area contributed by atoms with Crippen LogP contribution in [-0.4, -0.2) is 15.0 Å². The first-order valence-electron chi connectivity index (χ1n) is 22.6. The maximum atomic E-state index is 8.83. The number of benzene rings is 6. The second kappa shape index (κ2) is 10.8. The van der Waals surface area contributed by atoms with Gasteiger partial charge in [0, 0.05) is 42.4 Å². The number of aromatic nitrogens is 3. The Morgan fingerprint density at radius 3 is 1.47 bits per heavy atom. The highest BCUT2D eigenvalue weighted by Crippen LogP contribution is 2.43. The molecule has 0 saturated heterocycles. The molecule has 0 saturated carbocycles. The van der Waals surface area contributed by atoms with Crippen molar-refractivity contribution in [2.75, 3.05) is 0 Å². The Balaban J connectivity index is 1.46. The summed E-state index contributed by atoms with van der Waals surface area (Å²) in [5, 5.41) is 0.898. The van der Waals surface area contributed by atoms with Gasteiger partial charge >= 0.3 is 0 Å². The van der Waals surface area contributed by atoms with Crippen LogP contribution in [0.25, 0.3) is 76.6 Å². The summed E-state index contributed by atoms with van der Waals surface area (Å²) in [5.74, 6) is -1.15. The van der Waals surface area contributed by atoms with Gasteiger partial charge in [-0.25, -0.2) is 15.0 Å². The van der Waals surface area contributed by atoms with E-state index in [9.17, 15) is 0 Å². The van der Waals surface area contributed by atoms with Gasteiger partial charge in [-0.2, -0.15) is 0 Å². The van der Waals surface area contributed by atoms with Gasteiger partial charge in [0.25, 0.3) is 0 Å². The molecule has 0 fully saturated rings. The predicted molar refractivity (Wildman–Crippen MR) is 180 cm³/mol. The molecule has 4 heteroatoms. The van der Waals surface area contributed by atoms with Crippen LogP contribution in [0.5, 0.6) is 0 Å². The molecule has 202 valence electrons. The van der Waals surface area contributed by atoms with Crippen LogP contribution in [-0.2, 0) is 0 Å². The third-order valence-corrected chi connectivity index (χ3v) is 7.67. The van der Waals surface area contributed by atoms with Crippen molar-refractivity contribution in [1.29, 1.82) is 0 Å². The lowest BCUT2D eigenvalue weighted by Crippen LogP contribution is -1.99. The largest absolute Gasteiger partial charge is 0.208 e. The molecule has 8 aromatic rings. The number of rotatable bonds is 5. The van der Waals surface area contributed by atoms with E-state index >= 15 is 0 Å². The van der Waals surface area contributed by atoms with Crippen LogP contribution in [0.1, 0.15) is 27.4 Å². The molecule has 8 rings (SSSR count). The summed E-state index contributed by atoms with van der Waals surface area (Å²) >= 11 is 1.10. The quantitative estimate of drug-likeness (QED) is 0.201. The van der Waals surface area contributed by atoms with E-state index in [4.69, 9.17) is 27.4 Å². The van der Waals surface area contributed by atoms with Gasteiger partial charge in [-0.15, -0.1) is 11.3 Å². The Morgan fingerprint density at radius 1 is 0.419 bits per heavy atom. The van der Waals surface area contributed by atoms with Crippen LogP contribution >= 0.6 is 11.3 Å². The first kappa shape index (κ1) is 12.0. The third-order valence-electron chi connectivity index (χ3n) is 6.47. The average Bonchev–Trinajstić information content (AvgIpc) is 3.64. The van der Waals surface area contributed by atoms with Gasteiger partial charge in [-0.1, -0.05) is 133 Å². The SMILES string of the molecule is [2H]c1c([2H])c([2H])c(-c2cc(-c3c([2H])c([2H])c([2H])c([2H])c3[2H])c3sc4cc(-c5nc(-c6c([2H])c([2H])c([2H])c([2H])c6[2H])nc(-c6c([2H])c([2H])c([2H])c([2H])c6[2H])n5)ccc4c3c2)c([2H])c1[2H]. The summed E-state index contributed by atoms with van der Waals surface area (Å²) in [4.78, 5) is 13.3. The minimum Gasteiger partial charge on any atom is -0.208 e. The van der Waals surface area contributed by atoms with Crippen molar-refractivity contribution in [3.05, 3.63) is 151 Å². The van der Waals surface area contributed by atoms with E-state index in [1.54, 1.807) is 18.2 Å². The lowest BCUT2D eigenvalue weighted by Gasteiger charge is -2.09. The van der Waals surface area contributed by atoms with E-state index < -0.39 is 144 Å². The van der Waals surface area contributed by atoms with E-state index in [0.29, 0.717) is 20.2 Å². The predicted octanol–water partition coefficient (Wildman–Crippen LogP) is 10.6. The maximum Gasteiger partial charge on any atom is 0.164 e. The van der Waals surface area contributed by atoms with Crippen molar-refractivity contribution in [2.24, 2.45) is 0 Å². The first-order chi connectivity index (χ1) is 29.6.